The summed E-state index contributed by atoms with van der Waals surface area (Å²) in [5.74, 6) is -0.218. The number of piperazine rings is 1. The summed E-state index contributed by atoms with van der Waals surface area (Å²) >= 11 is 0. The van der Waals surface area contributed by atoms with E-state index < -0.39 is 29.4 Å². The predicted molar refractivity (Wildman–Crippen MR) is 139 cm³/mol. The van der Waals surface area contributed by atoms with Gasteiger partial charge in [-0.2, -0.15) is 13.2 Å². The van der Waals surface area contributed by atoms with Crippen LogP contribution in [-0.4, -0.2) is 92.3 Å². The van der Waals surface area contributed by atoms with Crippen LogP contribution in [0.5, 0.6) is 0 Å². The standard InChI is InChI=1S/C26H32F4N6O3/c1-17-16-39-11-10-36(17)23-14-20(33-4-2-19(27)3-5-33)13-22(32-23)34-6-8-35(9-7-34)24-21(26(28,29)30)12-18(15-31-24)25(37)38/h12-15,17,19H,2-11,16H2,1H3,(H,37,38). The van der Waals surface area contributed by atoms with Crippen LogP contribution in [0.2, 0.25) is 0 Å². The van der Waals surface area contributed by atoms with E-state index in [0.29, 0.717) is 70.7 Å². The molecule has 0 saturated carbocycles. The molecule has 0 radical (unpaired) electrons. The van der Waals surface area contributed by atoms with Crippen LogP contribution in [0.25, 0.3) is 0 Å². The molecule has 3 fully saturated rings. The van der Waals surface area contributed by atoms with E-state index in [1.54, 1.807) is 0 Å². The molecule has 0 spiro atoms. The molecule has 9 nitrogen and oxygen atoms in total. The fraction of sp³-hybridized carbons (Fsp3) is 0.577. The molecule has 212 valence electrons. The van der Waals surface area contributed by atoms with Crippen molar-refractivity contribution in [2.75, 3.05) is 78.6 Å². The van der Waals surface area contributed by atoms with Gasteiger partial charge >= 0.3 is 12.1 Å². The van der Waals surface area contributed by atoms with Crippen molar-refractivity contribution in [3.63, 3.8) is 0 Å². The Bertz CT molecular complexity index is 1180. The number of aromatic carboxylic acids is 1. The third-order valence-corrected chi connectivity index (χ3v) is 7.56. The summed E-state index contributed by atoms with van der Waals surface area (Å²) in [7, 11) is 0. The molecule has 39 heavy (non-hydrogen) atoms. The van der Waals surface area contributed by atoms with Crippen molar-refractivity contribution in [1.82, 2.24) is 9.97 Å². The van der Waals surface area contributed by atoms with Gasteiger partial charge in [-0.25, -0.2) is 19.2 Å². The first kappa shape index (κ1) is 27.2. The lowest BCUT2D eigenvalue weighted by Gasteiger charge is -2.39. The van der Waals surface area contributed by atoms with Gasteiger partial charge in [-0.1, -0.05) is 0 Å². The van der Waals surface area contributed by atoms with E-state index in [1.165, 1.54) is 4.90 Å². The number of halogens is 4. The van der Waals surface area contributed by atoms with E-state index in [-0.39, 0.29) is 24.9 Å². The summed E-state index contributed by atoms with van der Waals surface area (Å²) in [4.78, 5) is 28.0. The second-order valence-electron chi connectivity index (χ2n) is 10.2. The summed E-state index contributed by atoms with van der Waals surface area (Å²) in [5, 5.41) is 9.13. The third kappa shape index (κ3) is 5.97. The molecule has 5 heterocycles. The molecule has 3 aliphatic rings. The Hall–Kier alpha value is -3.35. The highest BCUT2D eigenvalue weighted by atomic mass is 19.4. The Kier molecular flexibility index (Phi) is 7.70. The van der Waals surface area contributed by atoms with Crippen LogP contribution < -0.4 is 19.6 Å². The summed E-state index contributed by atoms with van der Waals surface area (Å²) in [6.07, 6.45) is -3.64. The van der Waals surface area contributed by atoms with Gasteiger partial charge in [-0.15, -0.1) is 0 Å². The molecular weight excluding hydrogens is 520 g/mol. The lowest BCUT2D eigenvalue weighted by atomic mass is 10.1. The van der Waals surface area contributed by atoms with Gasteiger partial charge in [0.25, 0.3) is 0 Å². The molecule has 0 aliphatic carbocycles. The number of piperidine rings is 1. The first-order valence-electron chi connectivity index (χ1n) is 13.2. The minimum Gasteiger partial charge on any atom is -0.478 e. The van der Waals surface area contributed by atoms with Crippen LogP contribution in [0, 0.1) is 0 Å². The Labute approximate surface area is 224 Å². The van der Waals surface area contributed by atoms with Gasteiger partial charge in [-0.05, 0) is 25.8 Å². The number of anilines is 4. The highest BCUT2D eigenvalue weighted by Crippen LogP contribution is 2.37. The number of carboxylic acid groups (broad SMARTS) is 1. The summed E-state index contributed by atoms with van der Waals surface area (Å²) < 4.78 is 60.7. The smallest absolute Gasteiger partial charge is 0.419 e. The quantitative estimate of drug-likeness (QED) is 0.559. The minimum absolute atomic E-state index is 0.128. The lowest BCUT2D eigenvalue weighted by molar-refractivity contribution is -0.137. The van der Waals surface area contributed by atoms with Crippen LogP contribution in [0.3, 0.4) is 0 Å². The van der Waals surface area contributed by atoms with E-state index in [4.69, 9.17) is 14.8 Å². The molecule has 2 aromatic heterocycles. The first-order valence-corrected chi connectivity index (χ1v) is 13.2. The number of alkyl halides is 4. The number of aromatic nitrogens is 2. The maximum Gasteiger partial charge on any atom is 0.419 e. The van der Waals surface area contributed by atoms with Gasteiger partial charge in [0.05, 0.1) is 30.4 Å². The summed E-state index contributed by atoms with van der Waals surface area (Å²) in [6, 6.07) is 4.77. The maximum absolute atomic E-state index is 13.8. The molecule has 1 N–H and O–H groups in total. The Morgan fingerprint density at radius 3 is 2.28 bits per heavy atom. The van der Waals surface area contributed by atoms with Gasteiger partial charge in [0, 0.05) is 69.8 Å². The van der Waals surface area contributed by atoms with E-state index in [9.17, 15) is 22.4 Å². The molecular formula is C26H32F4N6O3. The second kappa shape index (κ2) is 11.0. The van der Waals surface area contributed by atoms with Crippen molar-refractivity contribution >= 4 is 29.1 Å². The number of carbonyl (C=O) groups is 1. The van der Waals surface area contributed by atoms with Crippen LogP contribution in [0.4, 0.5) is 40.7 Å². The van der Waals surface area contributed by atoms with E-state index in [1.807, 2.05) is 17.0 Å². The highest BCUT2D eigenvalue weighted by molar-refractivity contribution is 5.88. The number of pyridine rings is 2. The number of morpholine rings is 1. The Morgan fingerprint density at radius 2 is 1.64 bits per heavy atom. The normalized spacial score (nSPS) is 21.4. The average molecular weight is 553 g/mol. The fourth-order valence-electron chi connectivity index (χ4n) is 5.34. The van der Waals surface area contributed by atoms with Gasteiger partial charge in [-0.3, -0.25) is 0 Å². The molecule has 3 aliphatic heterocycles. The SMILES string of the molecule is CC1COCCN1c1cc(N2CCC(F)CC2)cc(N2CCN(c3ncc(C(=O)O)cc3C(F)(F)F)CC2)n1. The zero-order valence-electron chi connectivity index (χ0n) is 21.7. The number of rotatable bonds is 5. The van der Waals surface area contributed by atoms with E-state index in [2.05, 4.69) is 21.7 Å². The van der Waals surface area contributed by atoms with Gasteiger partial charge in [0.15, 0.2) is 0 Å². The number of nitrogens with zero attached hydrogens (tertiary/aromatic N) is 6. The predicted octanol–water partition coefficient (Wildman–Crippen LogP) is 3.68. The van der Waals surface area contributed by atoms with E-state index in [0.717, 1.165) is 17.7 Å². The molecule has 0 amide bonds. The van der Waals surface area contributed by atoms with Gasteiger partial charge < -0.3 is 29.4 Å². The van der Waals surface area contributed by atoms with Crippen molar-refractivity contribution in [1.29, 1.82) is 0 Å². The summed E-state index contributed by atoms with van der Waals surface area (Å²) in [6.45, 7) is 6.47. The number of carboxylic acids is 1. The monoisotopic (exact) mass is 552 g/mol. The second-order valence-corrected chi connectivity index (χ2v) is 10.2. The topological polar surface area (TPSA) is 85.3 Å². The minimum atomic E-state index is -4.74. The van der Waals surface area contributed by atoms with E-state index >= 15 is 0 Å². The summed E-state index contributed by atoms with van der Waals surface area (Å²) in [5.41, 5.74) is -0.614. The molecule has 1 unspecified atom stereocenters. The van der Waals surface area contributed by atoms with Crippen molar-refractivity contribution in [3.05, 3.63) is 35.5 Å². The first-order chi connectivity index (χ1) is 18.6. The number of hydrogen-bond donors (Lipinski definition) is 1. The van der Waals surface area contributed by atoms with Gasteiger partial charge in [0.2, 0.25) is 0 Å². The molecule has 0 aromatic carbocycles. The lowest BCUT2D eigenvalue weighted by Crippen LogP contribution is -2.48. The van der Waals surface area contributed by atoms with Crippen LogP contribution >= 0.6 is 0 Å². The van der Waals surface area contributed by atoms with Crippen molar-refractivity contribution in [3.8, 4) is 0 Å². The number of ether oxygens (including phenoxy) is 1. The largest absolute Gasteiger partial charge is 0.478 e. The van der Waals surface area contributed by atoms with Crippen LogP contribution in [0.15, 0.2) is 24.4 Å². The molecule has 3 saturated heterocycles. The molecule has 2 aromatic rings. The zero-order valence-corrected chi connectivity index (χ0v) is 21.7. The Morgan fingerprint density at radius 1 is 0.974 bits per heavy atom. The average Bonchev–Trinajstić information content (AvgIpc) is 2.93. The Balaban J connectivity index is 1.39. The highest BCUT2D eigenvalue weighted by Gasteiger charge is 2.37. The maximum atomic E-state index is 13.8. The van der Waals surface area contributed by atoms with Crippen molar-refractivity contribution in [2.45, 2.75) is 38.2 Å². The van der Waals surface area contributed by atoms with Gasteiger partial charge in [0.1, 0.15) is 23.6 Å². The zero-order chi connectivity index (χ0) is 27.7. The van der Waals surface area contributed by atoms with Crippen LogP contribution in [-0.2, 0) is 10.9 Å². The third-order valence-electron chi connectivity index (χ3n) is 7.56. The van der Waals surface area contributed by atoms with Crippen molar-refractivity contribution in [2.24, 2.45) is 0 Å². The molecule has 5 rings (SSSR count). The molecule has 0 bridgehead atoms. The fourth-order valence-corrected chi connectivity index (χ4v) is 5.34. The van der Waals surface area contributed by atoms with Crippen molar-refractivity contribution < 1.29 is 32.2 Å². The van der Waals surface area contributed by atoms with Crippen LogP contribution in [0.1, 0.15) is 35.7 Å². The molecule has 1 atom stereocenters. The molecule has 13 heteroatoms. The number of hydrogen-bond acceptors (Lipinski definition) is 8.